The molecule has 1 aliphatic heterocycles. The minimum Gasteiger partial charge on any atom is -0.497 e. The van der Waals surface area contributed by atoms with E-state index >= 15 is 0 Å². The molecule has 1 aliphatic rings. The van der Waals surface area contributed by atoms with Gasteiger partial charge in [-0.1, -0.05) is 24.3 Å². The van der Waals surface area contributed by atoms with Gasteiger partial charge in [-0.25, -0.2) is 9.18 Å². The van der Waals surface area contributed by atoms with E-state index in [4.69, 9.17) is 4.74 Å². The molecule has 2 aromatic carbocycles. The maximum absolute atomic E-state index is 12.9. The molecule has 1 N–H and O–H groups in total. The average molecular weight is 385 g/mol. The minimum atomic E-state index is -0.238. The Morgan fingerprint density at radius 2 is 1.57 bits per heavy atom. The molecule has 5 nitrogen and oxygen atoms in total. The molecule has 6 heteroatoms. The lowest BCUT2D eigenvalue weighted by Gasteiger charge is -2.34. The molecule has 28 heavy (non-hydrogen) atoms. The Hall–Kier alpha value is -2.60. The molecule has 3 rings (SSSR count). The SMILES string of the molecule is COc1ccc(CCN2CCN(C(=O)NCCc3ccc(F)cc3)CC2)cc1. The summed E-state index contributed by atoms with van der Waals surface area (Å²) in [5.41, 5.74) is 2.31. The molecule has 150 valence electrons. The van der Waals surface area contributed by atoms with Crippen LogP contribution in [0.25, 0.3) is 0 Å². The standard InChI is InChI=1S/C22H28FN3O2/c1-28-21-8-4-19(5-9-21)11-13-25-14-16-26(17-15-25)22(27)24-12-10-18-2-6-20(23)7-3-18/h2-9H,10-17H2,1H3,(H,24,27). The molecule has 2 amide bonds. The number of halogens is 1. The molecule has 1 fully saturated rings. The average Bonchev–Trinajstić information content (AvgIpc) is 2.74. The van der Waals surface area contributed by atoms with Gasteiger partial charge < -0.3 is 15.0 Å². The summed E-state index contributed by atoms with van der Waals surface area (Å²) in [7, 11) is 1.67. The molecule has 0 aliphatic carbocycles. The maximum Gasteiger partial charge on any atom is 0.317 e. The lowest BCUT2D eigenvalue weighted by Crippen LogP contribution is -2.52. The first-order valence-electron chi connectivity index (χ1n) is 9.76. The third kappa shape index (κ3) is 5.96. The molecule has 0 saturated carbocycles. The van der Waals surface area contributed by atoms with Crippen LogP contribution < -0.4 is 10.1 Å². The third-order valence-corrected chi connectivity index (χ3v) is 5.14. The van der Waals surface area contributed by atoms with Crippen molar-refractivity contribution in [1.82, 2.24) is 15.1 Å². The van der Waals surface area contributed by atoms with Gasteiger partial charge in [-0.15, -0.1) is 0 Å². The van der Waals surface area contributed by atoms with Crippen LogP contribution in [0.4, 0.5) is 9.18 Å². The number of methoxy groups -OCH3 is 1. The topological polar surface area (TPSA) is 44.8 Å². The van der Waals surface area contributed by atoms with E-state index in [2.05, 4.69) is 22.3 Å². The monoisotopic (exact) mass is 385 g/mol. The van der Waals surface area contributed by atoms with Crippen molar-refractivity contribution in [3.8, 4) is 5.75 Å². The summed E-state index contributed by atoms with van der Waals surface area (Å²) in [6.07, 6.45) is 1.70. The van der Waals surface area contributed by atoms with Crippen molar-refractivity contribution in [3.63, 3.8) is 0 Å². The summed E-state index contributed by atoms with van der Waals surface area (Å²) in [4.78, 5) is 16.6. The number of piperazine rings is 1. The Morgan fingerprint density at radius 1 is 0.964 bits per heavy atom. The van der Waals surface area contributed by atoms with Gasteiger partial charge in [-0.2, -0.15) is 0 Å². The van der Waals surface area contributed by atoms with E-state index in [1.54, 1.807) is 19.2 Å². The molecule has 1 heterocycles. The number of carbonyl (C=O) groups is 1. The number of ether oxygens (including phenoxy) is 1. The maximum atomic E-state index is 12.9. The van der Waals surface area contributed by atoms with Crippen LogP contribution in [0.3, 0.4) is 0 Å². The number of rotatable bonds is 7. The number of urea groups is 1. The van der Waals surface area contributed by atoms with E-state index in [9.17, 15) is 9.18 Å². The van der Waals surface area contributed by atoms with Crippen molar-refractivity contribution in [2.24, 2.45) is 0 Å². The van der Waals surface area contributed by atoms with Gasteiger partial charge in [0.15, 0.2) is 0 Å². The van der Waals surface area contributed by atoms with Crippen LogP contribution in [0.2, 0.25) is 0 Å². The fourth-order valence-corrected chi connectivity index (χ4v) is 3.33. The Kier molecular flexibility index (Phi) is 7.25. The van der Waals surface area contributed by atoms with Gasteiger partial charge in [-0.3, -0.25) is 4.90 Å². The number of hydrogen-bond donors (Lipinski definition) is 1. The van der Waals surface area contributed by atoms with E-state index in [0.717, 1.165) is 50.5 Å². The summed E-state index contributed by atoms with van der Waals surface area (Å²) in [6.45, 7) is 4.81. The highest BCUT2D eigenvalue weighted by Crippen LogP contribution is 2.12. The number of carbonyl (C=O) groups excluding carboxylic acids is 1. The first-order chi connectivity index (χ1) is 13.6. The molecule has 0 atom stereocenters. The molecule has 0 aromatic heterocycles. The highest BCUT2D eigenvalue weighted by atomic mass is 19.1. The Bertz CT molecular complexity index is 741. The Balaban J connectivity index is 1.33. The summed E-state index contributed by atoms with van der Waals surface area (Å²) >= 11 is 0. The number of amides is 2. The van der Waals surface area contributed by atoms with E-state index in [1.165, 1.54) is 17.7 Å². The summed E-state index contributed by atoms with van der Waals surface area (Å²) < 4.78 is 18.1. The van der Waals surface area contributed by atoms with Gasteiger partial charge >= 0.3 is 6.03 Å². The molecular weight excluding hydrogens is 357 g/mol. The number of nitrogens with zero attached hydrogens (tertiary/aromatic N) is 2. The largest absolute Gasteiger partial charge is 0.497 e. The van der Waals surface area contributed by atoms with Gasteiger partial charge in [0, 0.05) is 39.3 Å². The molecule has 0 unspecified atom stereocenters. The molecule has 0 spiro atoms. The molecule has 0 radical (unpaired) electrons. The normalized spacial score (nSPS) is 14.7. The van der Waals surface area contributed by atoms with Crippen LogP contribution in [0, 0.1) is 5.82 Å². The predicted molar refractivity (Wildman–Crippen MR) is 108 cm³/mol. The molecule has 1 saturated heterocycles. The number of benzene rings is 2. The Labute approximate surface area is 166 Å². The van der Waals surface area contributed by atoms with Crippen LogP contribution in [-0.2, 0) is 12.8 Å². The fraction of sp³-hybridized carbons (Fsp3) is 0.409. The minimum absolute atomic E-state index is 0.0167. The predicted octanol–water partition coefficient (Wildman–Crippen LogP) is 2.95. The third-order valence-electron chi connectivity index (χ3n) is 5.14. The molecule has 0 bridgehead atoms. The van der Waals surface area contributed by atoms with E-state index in [-0.39, 0.29) is 11.8 Å². The van der Waals surface area contributed by atoms with Crippen molar-refractivity contribution in [2.45, 2.75) is 12.8 Å². The van der Waals surface area contributed by atoms with Crippen LogP contribution in [0.1, 0.15) is 11.1 Å². The summed E-state index contributed by atoms with van der Waals surface area (Å²) in [5.74, 6) is 0.639. The van der Waals surface area contributed by atoms with Crippen molar-refractivity contribution in [3.05, 3.63) is 65.5 Å². The second-order valence-electron chi connectivity index (χ2n) is 7.04. The zero-order chi connectivity index (χ0) is 19.8. The quantitative estimate of drug-likeness (QED) is 0.797. The van der Waals surface area contributed by atoms with Gasteiger partial charge in [-0.05, 0) is 48.2 Å². The van der Waals surface area contributed by atoms with Crippen LogP contribution >= 0.6 is 0 Å². The first-order valence-corrected chi connectivity index (χ1v) is 9.76. The second-order valence-corrected chi connectivity index (χ2v) is 7.04. The zero-order valence-electron chi connectivity index (χ0n) is 16.4. The van der Waals surface area contributed by atoms with E-state index < -0.39 is 0 Å². The fourth-order valence-electron chi connectivity index (χ4n) is 3.33. The van der Waals surface area contributed by atoms with Crippen molar-refractivity contribution >= 4 is 6.03 Å². The highest BCUT2D eigenvalue weighted by molar-refractivity contribution is 5.74. The van der Waals surface area contributed by atoms with Gasteiger partial charge in [0.25, 0.3) is 0 Å². The zero-order valence-corrected chi connectivity index (χ0v) is 16.4. The molecule has 2 aromatic rings. The van der Waals surface area contributed by atoms with Crippen molar-refractivity contribution in [1.29, 1.82) is 0 Å². The van der Waals surface area contributed by atoms with Crippen LogP contribution in [0.5, 0.6) is 5.75 Å². The smallest absolute Gasteiger partial charge is 0.317 e. The Morgan fingerprint density at radius 3 is 2.21 bits per heavy atom. The molecular formula is C22H28FN3O2. The van der Waals surface area contributed by atoms with Crippen LogP contribution in [-0.4, -0.2) is 62.2 Å². The second kappa shape index (κ2) is 10.1. The van der Waals surface area contributed by atoms with Gasteiger partial charge in [0.05, 0.1) is 7.11 Å². The van der Waals surface area contributed by atoms with E-state index in [1.807, 2.05) is 17.0 Å². The lowest BCUT2D eigenvalue weighted by atomic mass is 10.1. The van der Waals surface area contributed by atoms with Gasteiger partial charge in [0.1, 0.15) is 11.6 Å². The lowest BCUT2D eigenvalue weighted by molar-refractivity contribution is 0.140. The van der Waals surface area contributed by atoms with E-state index in [0.29, 0.717) is 13.0 Å². The summed E-state index contributed by atoms with van der Waals surface area (Å²) in [5, 5.41) is 2.96. The van der Waals surface area contributed by atoms with Crippen molar-refractivity contribution in [2.75, 3.05) is 46.4 Å². The highest BCUT2D eigenvalue weighted by Gasteiger charge is 2.20. The van der Waals surface area contributed by atoms with Crippen LogP contribution in [0.15, 0.2) is 48.5 Å². The number of hydrogen-bond acceptors (Lipinski definition) is 3. The van der Waals surface area contributed by atoms with Crippen molar-refractivity contribution < 1.29 is 13.9 Å². The first kappa shape index (κ1) is 20.1. The van der Waals surface area contributed by atoms with Gasteiger partial charge in [0.2, 0.25) is 0 Å². The number of nitrogens with one attached hydrogen (secondary N) is 1. The summed E-state index contributed by atoms with van der Waals surface area (Å²) in [6, 6.07) is 14.6.